The highest BCUT2D eigenvalue weighted by atomic mass is 16.5. The lowest BCUT2D eigenvalue weighted by Crippen LogP contribution is -2.53. The Morgan fingerprint density at radius 3 is 2.22 bits per heavy atom. The van der Waals surface area contributed by atoms with Crippen molar-refractivity contribution in [2.24, 2.45) is 5.73 Å². The summed E-state index contributed by atoms with van der Waals surface area (Å²) in [5.41, 5.74) is 5.51. The molecule has 1 aromatic carbocycles. The average molecular weight is 249 g/mol. The molecule has 0 spiro atoms. The normalized spacial score (nSPS) is 32.1. The highest BCUT2D eigenvalue weighted by Gasteiger charge is 2.45. The predicted molar refractivity (Wildman–Crippen MR) is 68.2 cm³/mol. The molecule has 0 aromatic heterocycles. The molecule has 0 radical (unpaired) electrons. The van der Waals surface area contributed by atoms with Crippen molar-refractivity contribution in [3.05, 3.63) is 35.9 Å². The number of carboxylic acid groups (broad SMARTS) is 1. The van der Waals surface area contributed by atoms with Crippen LogP contribution in [-0.2, 0) is 15.1 Å². The molecule has 1 aliphatic rings. The predicted octanol–water partition coefficient (Wildman–Crippen LogP) is 1.88. The molecule has 0 amide bonds. The molecule has 98 valence electrons. The summed E-state index contributed by atoms with van der Waals surface area (Å²) in [6.45, 7) is 0. The lowest BCUT2D eigenvalue weighted by atomic mass is 9.71. The Balaban J connectivity index is 2.22. The van der Waals surface area contributed by atoms with Gasteiger partial charge in [0.2, 0.25) is 0 Å². The van der Waals surface area contributed by atoms with E-state index in [4.69, 9.17) is 15.6 Å². The maximum atomic E-state index is 11.1. The smallest absolute Gasteiger partial charge is 0.323 e. The van der Waals surface area contributed by atoms with E-state index in [0.29, 0.717) is 25.7 Å². The van der Waals surface area contributed by atoms with E-state index in [-0.39, 0.29) is 5.60 Å². The van der Waals surface area contributed by atoms with E-state index < -0.39 is 11.5 Å². The molecule has 0 saturated heterocycles. The number of carboxylic acids is 1. The molecule has 1 aliphatic carbocycles. The average Bonchev–Trinajstić information content (AvgIpc) is 2.41. The molecule has 1 saturated carbocycles. The van der Waals surface area contributed by atoms with Crippen molar-refractivity contribution in [3.8, 4) is 0 Å². The molecule has 18 heavy (non-hydrogen) atoms. The first kappa shape index (κ1) is 13.1. The van der Waals surface area contributed by atoms with E-state index in [1.54, 1.807) is 7.11 Å². The van der Waals surface area contributed by atoms with Crippen molar-refractivity contribution in [2.75, 3.05) is 7.11 Å². The van der Waals surface area contributed by atoms with Crippen molar-refractivity contribution >= 4 is 5.97 Å². The summed E-state index contributed by atoms with van der Waals surface area (Å²) in [6.07, 6.45) is 2.14. The van der Waals surface area contributed by atoms with Crippen LogP contribution in [0.4, 0.5) is 0 Å². The zero-order valence-electron chi connectivity index (χ0n) is 10.6. The van der Waals surface area contributed by atoms with Gasteiger partial charge in [0, 0.05) is 7.11 Å². The molecule has 1 fully saturated rings. The van der Waals surface area contributed by atoms with Gasteiger partial charge in [-0.25, -0.2) is 0 Å². The molecule has 0 bridgehead atoms. The monoisotopic (exact) mass is 249 g/mol. The fourth-order valence-electron chi connectivity index (χ4n) is 2.67. The number of methoxy groups -OCH3 is 1. The standard InChI is InChI=1S/C14H19NO3/c1-18-14(11-5-3-2-4-6-11)9-7-13(15,8-10-14)12(16)17/h2-6H,7-10,15H2,1H3,(H,16,17). The Morgan fingerprint density at radius 2 is 1.78 bits per heavy atom. The molecule has 0 atom stereocenters. The molecule has 4 heteroatoms. The van der Waals surface area contributed by atoms with Gasteiger partial charge < -0.3 is 15.6 Å². The third-order valence-corrected chi connectivity index (χ3v) is 4.07. The second-order valence-corrected chi connectivity index (χ2v) is 5.03. The van der Waals surface area contributed by atoms with Crippen molar-refractivity contribution in [1.82, 2.24) is 0 Å². The largest absolute Gasteiger partial charge is 0.480 e. The molecule has 3 N–H and O–H groups in total. The van der Waals surface area contributed by atoms with Crippen LogP contribution < -0.4 is 5.73 Å². The summed E-state index contributed by atoms with van der Waals surface area (Å²) in [5.74, 6) is -0.916. The Kier molecular flexibility index (Phi) is 3.41. The summed E-state index contributed by atoms with van der Waals surface area (Å²) in [7, 11) is 1.68. The molecule has 1 aromatic rings. The van der Waals surface area contributed by atoms with Crippen LogP contribution in [-0.4, -0.2) is 23.7 Å². The second-order valence-electron chi connectivity index (χ2n) is 5.03. The minimum Gasteiger partial charge on any atom is -0.480 e. The van der Waals surface area contributed by atoms with Crippen LogP contribution >= 0.6 is 0 Å². The first-order chi connectivity index (χ1) is 8.52. The summed E-state index contributed by atoms with van der Waals surface area (Å²) >= 11 is 0. The van der Waals surface area contributed by atoms with Gasteiger partial charge in [0.1, 0.15) is 5.54 Å². The van der Waals surface area contributed by atoms with Gasteiger partial charge in [0.25, 0.3) is 0 Å². The van der Waals surface area contributed by atoms with Gasteiger partial charge in [-0.3, -0.25) is 4.79 Å². The highest BCUT2D eigenvalue weighted by Crippen LogP contribution is 2.42. The third-order valence-electron chi connectivity index (χ3n) is 4.07. The fourth-order valence-corrected chi connectivity index (χ4v) is 2.67. The number of hydrogen-bond donors (Lipinski definition) is 2. The van der Waals surface area contributed by atoms with E-state index in [1.165, 1.54) is 0 Å². The summed E-state index contributed by atoms with van der Waals surface area (Å²) in [5, 5.41) is 9.15. The number of benzene rings is 1. The zero-order chi connectivity index (χ0) is 13.2. The quantitative estimate of drug-likeness (QED) is 0.858. The van der Waals surface area contributed by atoms with E-state index in [2.05, 4.69) is 0 Å². The van der Waals surface area contributed by atoms with Crippen molar-refractivity contribution in [2.45, 2.75) is 36.8 Å². The van der Waals surface area contributed by atoms with Gasteiger partial charge in [0.15, 0.2) is 0 Å². The van der Waals surface area contributed by atoms with Gasteiger partial charge in [-0.05, 0) is 31.2 Å². The maximum Gasteiger partial charge on any atom is 0.323 e. The SMILES string of the molecule is COC1(c2ccccc2)CCC(N)(C(=O)O)CC1. The van der Waals surface area contributed by atoms with Gasteiger partial charge in [0.05, 0.1) is 5.60 Å². The Labute approximate surface area is 107 Å². The van der Waals surface area contributed by atoms with Crippen molar-refractivity contribution in [3.63, 3.8) is 0 Å². The lowest BCUT2D eigenvalue weighted by molar-refractivity contribution is -0.148. The lowest BCUT2D eigenvalue weighted by Gasteiger charge is -2.42. The van der Waals surface area contributed by atoms with Gasteiger partial charge in [-0.1, -0.05) is 30.3 Å². The topological polar surface area (TPSA) is 72.5 Å². The summed E-state index contributed by atoms with van der Waals surface area (Å²) in [6, 6.07) is 9.94. The molecule has 4 nitrogen and oxygen atoms in total. The molecule has 0 heterocycles. The van der Waals surface area contributed by atoms with E-state index in [1.807, 2.05) is 30.3 Å². The number of aliphatic carboxylic acids is 1. The minimum absolute atomic E-state index is 0.389. The number of rotatable bonds is 3. The third kappa shape index (κ3) is 2.13. The summed E-state index contributed by atoms with van der Waals surface area (Å²) in [4.78, 5) is 11.1. The molecular weight excluding hydrogens is 230 g/mol. The number of nitrogens with two attached hydrogens (primary N) is 1. The van der Waals surface area contributed by atoms with Crippen LogP contribution in [0.25, 0.3) is 0 Å². The Hall–Kier alpha value is -1.39. The van der Waals surface area contributed by atoms with Crippen LogP contribution in [0.3, 0.4) is 0 Å². The van der Waals surface area contributed by atoms with E-state index in [9.17, 15) is 4.79 Å². The first-order valence-corrected chi connectivity index (χ1v) is 6.15. The van der Waals surface area contributed by atoms with Crippen LogP contribution in [0, 0.1) is 0 Å². The Bertz CT molecular complexity index is 422. The molecule has 0 unspecified atom stereocenters. The minimum atomic E-state index is -1.10. The maximum absolute atomic E-state index is 11.1. The van der Waals surface area contributed by atoms with Gasteiger partial charge in [-0.15, -0.1) is 0 Å². The van der Waals surface area contributed by atoms with Crippen LogP contribution in [0.1, 0.15) is 31.2 Å². The molecule has 2 rings (SSSR count). The highest BCUT2D eigenvalue weighted by molar-refractivity contribution is 5.78. The van der Waals surface area contributed by atoms with Gasteiger partial charge >= 0.3 is 5.97 Å². The first-order valence-electron chi connectivity index (χ1n) is 6.15. The van der Waals surface area contributed by atoms with E-state index in [0.717, 1.165) is 5.56 Å². The summed E-state index contributed by atoms with van der Waals surface area (Å²) < 4.78 is 5.69. The van der Waals surface area contributed by atoms with Crippen molar-refractivity contribution < 1.29 is 14.6 Å². The Morgan fingerprint density at radius 1 is 1.22 bits per heavy atom. The van der Waals surface area contributed by atoms with Crippen LogP contribution in [0.5, 0.6) is 0 Å². The number of carbonyl (C=O) groups is 1. The van der Waals surface area contributed by atoms with E-state index >= 15 is 0 Å². The zero-order valence-corrected chi connectivity index (χ0v) is 10.6. The molecular formula is C14H19NO3. The van der Waals surface area contributed by atoms with Crippen molar-refractivity contribution in [1.29, 1.82) is 0 Å². The second kappa shape index (κ2) is 4.71. The van der Waals surface area contributed by atoms with Gasteiger partial charge in [-0.2, -0.15) is 0 Å². The van der Waals surface area contributed by atoms with Crippen LogP contribution in [0.15, 0.2) is 30.3 Å². The fraction of sp³-hybridized carbons (Fsp3) is 0.500. The number of hydrogen-bond acceptors (Lipinski definition) is 3. The number of ether oxygens (including phenoxy) is 1. The van der Waals surface area contributed by atoms with Crippen LogP contribution in [0.2, 0.25) is 0 Å². The molecule has 0 aliphatic heterocycles.